The Kier molecular flexibility index (Phi) is 5.17. The summed E-state index contributed by atoms with van der Waals surface area (Å²) in [5.41, 5.74) is 4.46. The van der Waals surface area contributed by atoms with Crippen LogP contribution in [-0.4, -0.2) is 9.38 Å². The van der Waals surface area contributed by atoms with Crippen molar-refractivity contribution in [2.24, 2.45) is 0 Å². The molecular formula is C16H13Br2ClN2S. The molecule has 6 heteroatoms. The van der Waals surface area contributed by atoms with E-state index in [-0.39, 0.29) is 0 Å². The Balaban J connectivity index is 1.82. The zero-order valence-electron chi connectivity index (χ0n) is 11.8. The quantitative estimate of drug-likeness (QED) is 0.458. The molecule has 3 aromatic rings. The van der Waals surface area contributed by atoms with E-state index < -0.39 is 0 Å². The van der Waals surface area contributed by atoms with Crippen molar-refractivity contribution < 1.29 is 0 Å². The van der Waals surface area contributed by atoms with Gasteiger partial charge in [0.05, 0.1) is 16.4 Å². The van der Waals surface area contributed by atoms with E-state index in [4.69, 9.17) is 11.6 Å². The third-order valence-corrected chi connectivity index (χ3v) is 6.22. The average Bonchev–Trinajstić information content (AvgIpc) is 2.91. The number of nitrogens with zero attached hydrogens (tertiary/aromatic N) is 2. The number of aromatic nitrogens is 2. The smallest absolute Gasteiger partial charge is 0.151 e. The second-order valence-corrected chi connectivity index (χ2v) is 8.02. The fraction of sp³-hybridized carbons (Fsp3) is 0.188. The summed E-state index contributed by atoms with van der Waals surface area (Å²) < 4.78 is 4.25. The van der Waals surface area contributed by atoms with Crippen LogP contribution < -0.4 is 0 Å². The maximum absolute atomic E-state index is 6.20. The molecule has 0 radical (unpaired) electrons. The topological polar surface area (TPSA) is 17.3 Å². The molecule has 0 N–H and O–H groups in total. The second kappa shape index (κ2) is 6.95. The fourth-order valence-corrected chi connectivity index (χ4v) is 4.79. The highest BCUT2D eigenvalue weighted by atomic mass is 79.9. The van der Waals surface area contributed by atoms with E-state index in [1.165, 1.54) is 11.3 Å². The molecule has 22 heavy (non-hydrogen) atoms. The van der Waals surface area contributed by atoms with E-state index in [1.54, 1.807) is 0 Å². The van der Waals surface area contributed by atoms with Crippen LogP contribution in [0.15, 0.2) is 45.5 Å². The number of halogens is 3. The predicted octanol–water partition coefficient (Wildman–Crippen LogP) is 6.25. The first-order valence-electron chi connectivity index (χ1n) is 6.70. The minimum atomic E-state index is 0.829. The summed E-state index contributed by atoms with van der Waals surface area (Å²) >= 11 is 15.2. The Morgan fingerprint density at radius 2 is 1.95 bits per heavy atom. The van der Waals surface area contributed by atoms with Gasteiger partial charge in [-0.2, -0.15) is 11.8 Å². The van der Waals surface area contributed by atoms with Crippen molar-refractivity contribution in [2.45, 2.75) is 18.4 Å². The molecule has 0 bridgehead atoms. The largest absolute Gasteiger partial charge is 0.298 e. The third kappa shape index (κ3) is 3.23. The molecule has 0 saturated carbocycles. The van der Waals surface area contributed by atoms with Crippen LogP contribution in [0.1, 0.15) is 17.0 Å². The molecule has 2 nitrogen and oxygen atoms in total. The summed E-state index contributed by atoms with van der Waals surface area (Å²) in [6, 6.07) is 10.0. The standard InChI is InChI=1S/C16H13Br2ClN2S/c1-10-13(17)6-14(18)16-20-7-12(21(10)16)9-22-8-11-4-2-3-5-15(11)19/h2-7H,8-9H2,1H3. The van der Waals surface area contributed by atoms with E-state index in [0.717, 1.165) is 36.8 Å². The summed E-state index contributed by atoms with van der Waals surface area (Å²) in [5.74, 6) is 1.78. The monoisotopic (exact) mass is 458 g/mol. The lowest BCUT2D eigenvalue weighted by Gasteiger charge is -2.09. The highest BCUT2D eigenvalue weighted by molar-refractivity contribution is 9.11. The van der Waals surface area contributed by atoms with Crippen molar-refractivity contribution in [1.82, 2.24) is 9.38 Å². The summed E-state index contributed by atoms with van der Waals surface area (Å²) in [4.78, 5) is 4.52. The van der Waals surface area contributed by atoms with Crippen molar-refractivity contribution >= 4 is 60.9 Å². The van der Waals surface area contributed by atoms with E-state index in [2.05, 4.69) is 54.2 Å². The van der Waals surface area contributed by atoms with E-state index >= 15 is 0 Å². The molecule has 0 aliphatic rings. The van der Waals surface area contributed by atoms with Gasteiger partial charge in [-0.1, -0.05) is 29.8 Å². The Labute approximate surface area is 155 Å². The molecule has 114 valence electrons. The first-order valence-corrected chi connectivity index (χ1v) is 9.82. The van der Waals surface area contributed by atoms with Gasteiger partial charge in [-0.15, -0.1) is 0 Å². The van der Waals surface area contributed by atoms with Crippen LogP contribution in [0.3, 0.4) is 0 Å². The highest BCUT2D eigenvalue weighted by Gasteiger charge is 2.12. The van der Waals surface area contributed by atoms with Gasteiger partial charge in [0, 0.05) is 26.7 Å². The van der Waals surface area contributed by atoms with Gasteiger partial charge in [-0.05, 0) is 56.5 Å². The zero-order valence-corrected chi connectivity index (χ0v) is 16.6. The normalized spacial score (nSPS) is 11.3. The second-order valence-electron chi connectivity index (χ2n) is 4.92. The van der Waals surface area contributed by atoms with Gasteiger partial charge in [0.2, 0.25) is 0 Å². The SMILES string of the molecule is Cc1c(Br)cc(Br)c2ncc(CSCc3ccccc3Cl)n12. The first kappa shape index (κ1) is 16.4. The lowest BCUT2D eigenvalue weighted by atomic mass is 10.2. The van der Waals surface area contributed by atoms with Gasteiger partial charge >= 0.3 is 0 Å². The van der Waals surface area contributed by atoms with Gasteiger partial charge < -0.3 is 0 Å². The number of hydrogen-bond acceptors (Lipinski definition) is 2. The molecular weight excluding hydrogens is 448 g/mol. The molecule has 0 aliphatic carbocycles. The van der Waals surface area contributed by atoms with Crippen molar-refractivity contribution in [3.05, 3.63) is 67.4 Å². The third-order valence-electron chi connectivity index (χ3n) is 3.45. The molecule has 2 aromatic heterocycles. The number of imidazole rings is 1. The van der Waals surface area contributed by atoms with Gasteiger partial charge in [0.25, 0.3) is 0 Å². The molecule has 0 fully saturated rings. The summed E-state index contributed by atoms with van der Waals surface area (Å²) in [5, 5.41) is 0.829. The number of benzene rings is 1. The zero-order chi connectivity index (χ0) is 15.7. The van der Waals surface area contributed by atoms with Crippen molar-refractivity contribution in [3.8, 4) is 0 Å². The Hall–Kier alpha value is -0.490. The van der Waals surface area contributed by atoms with Crippen LogP contribution in [0, 0.1) is 6.92 Å². The number of hydrogen-bond donors (Lipinski definition) is 0. The Bertz CT molecular complexity index is 832. The first-order chi connectivity index (χ1) is 10.6. The van der Waals surface area contributed by atoms with Gasteiger partial charge in [0.1, 0.15) is 0 Å². The molecule has 0 spiro atoms. The molecule has 0 saturated heterocycles. The van der Waals surface area contributed by atoms with Crippen LogP contribution in [0.2, 0.25) is 5.02 Å². The lowest BCUT2D eigenvalue weighted by Crippen LogP contribution is -1.98. The van der Waals surface area contributed by atoms with Crippen molar-refractivity contribution in [2.75, 3.05) is 0 Å². The summed E-state index contributed by atoms with van der Waals surface area (Å²) in [6.45, 7) is 2.09. The minimum Gasteiger partial charge on any atom is -0.298 e. The van der Waals surface area contributed by atoms with Crippen molar-refractivity contribution in [3.63, 3.8) is 0 Å². The molecule has 0 amide bonds. The lowest BCUT2D eigenvalue weighted by molar-refractivity contribution is 1.01. The maximum Gasteiger partial charge on any atom is 0.151 e. The Morgan fingerprint density at radius 3 is 2.73 bits per heavy atom. The van der Waals surface area contributed by atoms with Crippen LogP contribution in [0.4, 0.5) is 0 Å². The van der Waals surface area contributed by atoms with E-state index in [0.29, 0.717) is 0 Å². The highest BCUT2D eigenvalue weighted by Crippen LogP contribution is 2.29. The van der Waals surface area contributed by atoms with Crippen molar-refractivity contribution in [1.29, 1.82) is 0 Å². The van der Waals surface area contributed by atoms with Crippen LogP contribution in [0.25, 0.3) is 5.65 Å². The Morgan fingerprint density at radius 1 is 1.18 bits per heavy atom. The predicted molar refractivity (Wildman–Crippen MR) is 102 cm³/mol. The molecule has 1 aromatic carbocycles. The van der Waals surface area contributed by atoms with Crippen LogP contribution >= 0.6 is 55.2 Å². The number of pyridine rings is 1. The number of aryl methyl sites for hydroxylation is 1. The molecule has 0 atom stereocenters. The summed E-state index contributed by atoms with van der Waals surface area (Å²) in [6.07, 6.45) is 1.94. The number of thioether (sulfide) groups is 1. The van der Waals surface area contributed by atoms with Crippen LogP contribution in [0.5, 0.6) is 0 Å². The van der Waals surface area contributed by atoms with Gasteiger partial charge in [-0.3, -0.25) is 4.40 Å². The van der Waals surface area contributed by atoms with Gasteiger partial charge in [-0.25, -0.2) is 4.98 Å². The van der Waals surface area contributed by atoms with E-state index in [9.17, 15) is 0 Å². The molecule has 3 rings (SSSR count). The van der Waals surface area contributed by atoms with E-state index in [1.807, 2.05) is 42.2 Å². The average molecular weight is 461 g/mol. The number of rotatable bonds is 4. The fourth-order valence-electron chi connectivity index (χ4n) is 2.30. The number of fused-ring (bicyclic) bond motifs is 1. The minimum absolute atomic E-state index is 0.829. The molecule has 0 aliphatic heterocycles. The van der Waals surface area contributed by atoms with Gasteiger partial charge in [0.15, 0.2) is 5.65 Å². The molecule has 2 heterocycles. The summed E-state index contributed by atoms with van der Waals surface area (Å²) in [7, 11) is 0. The van der Waals surface area contributed by atoms with Crippen LogP contribution in [-0.2, 0) is 11.5 Å². The molecule has 0 unspecified atom stereocenters. The maximum atomic E-state index is 6.20.